The summed E-state index contributed by atoms with van der Waals surface area (Å²) in [6, 6.07) is 0. The Morgan fingerprint density at radius 3 is 2.04 bits per heavy atom. The van der Waals surface area contributed by atoms with E-state index in [4.69, 9.17) is 14.9 Å². The molecule has 0 aliphatic carbocycles. The van der Waals surface area contributed by atoms with E-state index in [1.165, 1.54) is 0 Å². The van der Waals surface area contributed by atoms with Crippen molar-refractivity contribution in [1.82, 2.24) is 0 Å². The van der Waals surface area contributed by atoms with Gasteiger partial charge in [0.2, 0.25) is 0 Å². The van der Waals surface area contributed by atoms with Gasteiger partial charge in [-0.05, 0) is 0 Å². The Bertz CT molecular complexity index is 391. The fraction of sp³-hybridized carbons (Fsp3) is 0.917. The van der Waals surface area contributed by atoms with Gasteiger partial charge >= 0.3 is 0 Å². The maximum absolute atomic E-state index is 10.6. The topological polar surface area (TPSA) is 208 Å². The Kier molecular flexibility index (Phi) is 6.97. The van der Waals surface area contributed by atoms with E-state index < -0.39 is 67.6 Å². The minimum absolute atomic E-state index is 0.163. The molecule has 1 aliphatic heterocycles. The van der Waals surface area contributed by atoms with Crippen molar-refractivity contribution in [2.24, 2.45) is 0 Å². The highest BCUT2D eigenvalue weighted by Crippen LogP contribution is 2.33. The highest BCUT2D eigenvalue weighted by molar-refractivity contribution is 5.57. The predicted octanol–water partition coefficient (Wildman–Crippen LogP) is -6.17. The van der Waals surface area contributed by atoms with Gasteiger partial charge in [0, 0.05) is 0 Å². The van der Waals surface area contributed by atoms with Crippen molar-refractivity contribution in [3.8, 4) is 0 Å². The maximum Gasteiger partial charge on any atom is 0.151 e. The molecule has 0 radical (unpaired) electrons. The fourth-order valence-corrected chi connectivity index (χ4v) is 2.53. The summed E-state index contributed by atoms with van der Waals surface area (Å²) in [6.07, 6.45) is -16.3. The molecule has 0 spiro atoms. The molecule has 1 rings (SSSR count). The average molecular weight is 342 g/mol. The van der Waals surface area contributed by atoms with Crippen molar-refractivity contribution in [2.75, 3.05) is 13.2 Å². The van der Waals surface area contributed by atoms with Crippen molar-refractivity contribution in [3.05, 3.63) is 0 Å². The molecule has 0 bridgehead atoms. The fourth-order valence-electron chi connectivity index (χ4n) is 2.53. The van der Waals surface area contributed by atoms with Gasteiger partial charge in [-0.15, -0.1) is 0 Å². The van der Waals surface area contributed by atoms with Crippen LogP contribution in [0, 0.1) is 0 Å². The summed E-state index contributed by atoms with van der Waals surface area (Å²) >= 11 is 0. The van der Waals surface area contributed by atoms with Crippen LogP contribution in [-0.4, -0.2) is 120 Å². The van der Waals surface area contributed by atoms with Crippen molar-refractivity contribution in [3.63, 3.8) is 0 Å². The van der Waals surface area contributed by atoms with Gasteiger partial charge < -0.3 is 55.5 Å². The van der Waals surface area contributed by atoms with E-state index in [9.17, 15) is 40.5 Å². The van der Waals surface area contributed by atoms with E-state index in [0.717, 1.165) is 0 Å². The van der Waals surface area contributed by atoms with E-state index in [0.29, 0.717) is 0 Å². The molecule has 11 nitrogen and oxygen atoms in total. The van der Waals surface area contributed by atoms with E-state index >= 15 is 0 Å². The quantitative estimate of drug-likeness (QED) is 0.199. The van der Waals surface area contributed by atoms with Crippen LogP contribution in [0.15, 0.2) is 0 Å². The second-order valence-electron chi connectivity index (χ2n) is 5.41. The summed E-state index contributed by atoms with van der Waals surface area (Å²) in [5, 5.41) is 87.1. The first-order valence-electron chi connectivity index (χ1n) is 6.79. The molecule has 0 aromatic rings. The molecule has 1 fully saturated rings. The van der Waals surface area contributed by atoms with Gasteiger partial charge in [0.05, 0.1) is 13.2 Å². The number of rotatable bonds is 7. The Balaban J connectivity index is 3.27. The summed E-state index contributed by atoms with van der Waals surface area (Å²) in [5.74, 6) is 0. The molecular formula is C12H22O11. The minimum Gasteiger partial charge on any atom is -0.394 e. The second-order valence-corrected chi connectivity index (χ2v) is 5.41. The molecule has 136 valence electrons. The number of aldehydes is 1. The number of hydrogen-bond acceptors (Lipinski definition) is 11. The van der Waals surface area contributed by atoms with Gasteiger partial charge in [-0.25, -0.2) is 0 Å². The third-order valence-corrected chi connectivity index (χ3v) is 3.99. The summed E-state index contributed by atoms with van der Waals surface area (Å²) in [6.45, 7) is -2.01. The van der Waals surface area contributed by atoms with Gasteiger partial charge in [-0.1, -0.05) is 0 Å². The molecule has 1 unspecified atom stereocenters. The van der Waals surface area contributed by atoms with Crippen LogP contribution in [0.1, 0.15) is 0 Å². The van der Waals surface area contributed by atoms with E-state index in [-0.39, 0.29) is 6.29 Å². The number of ether oxygens (including phenoxy) is 1. The summed E-state index contributed by atoms with van der Waals surface area (Å²) in [7, 11) is 0. The van der Waals surface area contributed by atoms with Crippen LogP contribution in [-0.2, 0) is 9.53 Å². The van der Waals surface area contributed by atoms with Crippen LogP contribution in [0.5, 0.6) is 0 Å². The molecule has 9 N–H and O–H groups in total. The first kappa shape index (κ1) is 20.3. The van der Waals surface area contributed by atoms with Crippen LogP contribution in [0.4, 0.5) is 0 Å². The maximum atomic E-state index is 10.6. The lowest BCUT2D eigenvalue weighted by Crippen LogP contribution is -2.73. The first-order chi connectivity index (χ1) is 10.7. The zero-order chi connectivity index (χ0) is 17.9. The first-order valence-corrected chi connectivity index (χ1v) is 6.79. The molecule has 0 amide bonds. The Morgan fingerprint density at radius 1 is 1.04 bits per heavy atom. The normalized spacial score (nSPS) is 38.4. The molecule has 1 heterocycles. The minimum atomic E-state index is -3.00. The summed E-state index contributed by atoms with van der Waals surface area (Å²) in [4.78, 5) is 10.6. The second kappa shape index (κ2) is 7.90. The number of aliphatic hydroxyl groups is 9. The van der Waals surface area contributed by atoms with Gasteiger partial charge in [0.15, 0.2) is 6.29 Å². The lowest BCUT2D eigenvalue weighted by molar-refractivity contribution is -0.309. The Morgan fingerprint density at radius 2 is 1.61 bits per heavy atom. The Labute approximate surface area is 130 Å². The molecule has 0 saturated carbocycles. The smallest absolute Gasteiger partial charge is 0.151 e. The van der Waals surface area contributed by atoms with Crippen LogP contribution in [0.2, 0.25) is 0 Å². The zero-order valence-electron chi connectivity index (χ0n) is 12.0. The van der Waals surface area contributed by atoms with Crippen LogP contribution >= 0.6 is 0 Å². The van der Waals surface area contributed by atoms with Gasteiger partial charge in [-0.2, -0.15) is 0 Å². The van der Waals surface area contributed by atoms with Crippen molar-refractivity contribution in [1.29, 1.82) is 0 Å². The third kappa shape index (κ3) is 3.53. The highest BCUT2D eigenvalue weighted by Gasteiger charge is 2.59. The Hall–Kier alpha value is -0.730. The van der Waals surface area contributed by atoms with Crippen LogP contribution in [0.25, 0.3) is 0 Å². The number of aliphatic hydroxyl groups excluding tert-OH is 8. The standard InChI is InChI=1S/C12H22O11/c13-1-4(16)10(21)12(22,6(17)3-15)11-9(20)8(19)7(18)5(2-14)23-11/h1,4-11,14-22H,2-3H2/t4-,5+,6+,7+,8-,9+,10+,11?,12+/m0/s1. The van der Waals surface area contributed by atoms with Crippen molar-refractivity contribution in [2.45, 2.75) is 54.4 Å². The summed E-state index contributed by atoms with van der Waals surface area (Å²) < 4.78 is 5.02. The number of hydrogen-bond donors (Lipinski definition) is 9. The number of carbonyl (C=O) groups is 1. The average Bonchev–Trinajstić information content (AvgIpc) is 2.56. The highest BCUT2D eigenvalue weighted by atomic mass is 16.6. The molecular weight excluding hydrogens is 320 g/mol. The SMILES string of the molecule is O=C[C@H](O)[C@@H](O)[C@@](O)(C1O[C@H](CO)[C@@H](O)[C@H](O)[C@H]1O)[C@H](O)CO. The molecule has 1 aliphatic rings. The molecule has 11 heteroatoms. The molecule has 23 heavy (non-hydrogen) atoms. The lowest BCUT2D eigenvalue weighted by Gasteiger charge is -2.49. The lowest BCUT2D eigenvalue weighted by atomic mass is 9.76. The molecule has 1 saturated heterocycles. The third-order valence-electron chi connectivity index (χ3n) is 3.99. The van der Waals surface area contributed by atoms with E-state index in [1.807, 2.05) is 0 Å². The molecule has 0 aromatic carbocycles. The van der Waals surface area contributed by atoms with E-state index in [2.05, 4.69) is 0 Å². The van der Waals surface area contributed by atoms with Crippen molar-refractivity contribution >= 4 is 6.29 Å². The molecule has 9 atom stereocenters. The predicted molar refractivity (Wildman–Crippen MR) is 69.9 cm³/mol. The van der Waals surface area contributed by atoms with Crippen molar-refractivity contribution < 1.29 is 55.5 Å². The zero-order valence-corrected chi connectivity index (χ0v) is 12.0. The van der Waals surface area contributed by atoms with Gasteiger partial charge in [0.25, 0.3) is 0 Å². The monoisotopic (exact) mass is 342 g/mol. The largest absolute Gasteiger partial charge is 0.394 e. The van der Waals surface area contributed by atoms with Gasteiger partial charge in [0.1, 0.15) is 54.4 Å². The summed E-state index contributed by atoms with van der Waals surface area (Å²) in [5.41, 5.74) is -3.00. The van der Waals surface area contributed by atoms with Crippen LogP contribution in [0.3, 0.4) is 0 Å². The molecule has 0 aromatic heterocycles. The van der Waals surface area contributed by atoms with Gasteiger partial charge in [-0.3, -0.25) is 0 Å². The van der Waals surface area contributed by atoms with E-state index in [1.54, 1.807) is 0 Å². The van der Waals surface area contributed by atoms with Crippen LogP contribution < -0.4 is 0 Å². The number of carbonyl (C=O) groups excluding carboxylic acids is 1.